The molecule has 2 aromatic carbocycles. The Labute approximate surface area is 172 Å². The summed E-state index contributed by atoms with van der Waals surface area (Å²) in [5.74, 6) is 1.27. The average Bonchev–Trinajstić information content (AvgIpc) is 2.92. The van der Waals surface area contributed by atoms with Crippen molar-refractivity contribution in [3.63, 3.8) is 0 Å². The Morgan fingerprint density at radius 1 is 1.17 bits per heavy atom. The molecule has 2 bridgehead atoms. The summed E-state index contributed by atoms with van der Waals surface area (Å²) in [5.41, 5.74) is 4.04. The molecule has 4 aliphatic rings. The van der Waals surface area contributed by atoms with E-state index in [1.54, 1.807) is 6.07 Å². The number of esters is 1. The maximum atomic E-state index is 12.4. The first-order valence-electron chi connectivity index (χ1n) is 10.7. The van der Waals surface area contributed by atoms with Gasteiger partial charge in [-0.2, -0.15) is 0 Å². The number of nitrogens with zero attached hydrogens (tertiary/aromatic N) is 1. The van der Waals surface area contributed by atoms with Gasteiger partial charge in [0.25, 0.3) is 0 Å². The normalized spacial score (nSPS) is 27.3. The third-order valence-corrected chi connectivity index (χ3v) is 6.62. The fourth-order valence-corrected chi connectivity index (χ4v) is 5.06. The van der Waals surface area contributed by atoms with Crippen molar-refractivity contribution in [3.8, 4) is 5.75 Å². The second kappa shape index (κ2) is 7.81. The van der Waals surface area contributed by atoms with E-state index in [9.17, 15) is 4.79 Å². The maximum Gasteiger partial charge on any atom is 0.338 e. The number of nitrogens with one attached hydrogen (secondary N) is 1. The van der Waals surface area contributed by atoms with Crippen molar-refractivity contribution in [2.45, 2.75) is 38.5 Å². The molecule has 2 unspecified atom stereocenters. The number of hydrogen-bond donors (Lipinski definition) is 1. The van der Waals surface area contributed by atoms with Crippen LogP contribution in [0.5, 0.6) is 5.75 Å². The molecule has 3 saturated heterocycles. The zero-order valence-corrected chi connectivity index (χ0v) is 16.9. The minimum atomic E-state index is -0.283. The molecule has 5 heteroatoms. The lowest BCUT2D eigenvalue weighted by Gasteiger charge is -2.46. The first kappa shape index (κ1) is 18.6. The average molecular weight is 392 g/mol. The summed E-state index contributed by atoms with van der Waals surface area (Å²) in [6.07, 6.45) is 2.52. The van der Waals surface area contributed by atoms with E-state index in [1.807, 2.05) is 19.1 Å². The maximum absolute atomic E-state index is 12.4. The topological polar surface area (TPSA) is 50.8 Å². The number of piperidine rings is 3. The van der Waals surface area contributed by atoms with Gasteiger partial charge in [0.15, 0.2) is 0 Å². The minimum absolute atomic E-state index is 0.00336. The number of carbonyl (C=O) groups excluding carboxylic acids is 1. The lowest BCUT2D eigenvalue weighted by Crippen LogP contribution is -2.56. The van der Waals surface area contributed by atoms with Crippen LogP contribution in [0.1, 0.15) is 52.9 Å². The number of carbonyl (C=O) groups is 1. The van der Waals surface area contributed by atoms with Crippen LogP contribution < -0.4 is 10.1 Å². The molecule has 6 rings (SSSR count). The first-order chi connectivity index (χ1) is 14.2. The number of benzene rings is 2. The largest absolute Gasteiger partial charge is 0.489 e. The molecule has 0 spiro atoms. The van der Waals surface area contributed by atoms with E-state index < -0.39 is 0 Å². The van der Waals surface area contributed by atoms with Crippen LogP contribution in [-0.2, 0) is 11.3 Å². The molecular formula is C24H28N2O3. The molecule has 0 aromatic heterocycles. The molecule has 4 aliphatic heterocycles. The zero-order valence-electron chi connectivity index (χ0n) is 16.9. The minimum Gasteiger partial charge on any atom is -0.489 e. The third kappa shape index (κ3) is 3.53. The van der Waals surface area contributed by atoms with Crippen LogP contribution in [0, 0.1) is 5.92 Å². The van der Waals surface area contributed by atoms with E-state index in [4.69, 9.17) is 9.47 Å². The monoisotopic (exact) mass is 392 g/mol. The van der Waals surface area contributed by atoms with E-state index >= 15 is 0 Å². The van der Waals surface area contributed by atoms with Crippen LogP contribution in [0.15, 0.2) is 42.5 Å². The molecule has 2 atom stereocenters. The quantitative estimate of drug-likeness (QED) is 0.807. The Morgan fingerprint density at radius 3 is 2.76 bits per heavy atom. The summed E-state index contributed by atoms with van der Waals surface area (Å²) in [6, 6.07) is 14.6. The molecule has 152 valence electrons. The molecule has 2 aromatic rings. The second-order valence-electron chi connectivity index (χ2n) is 8.30. The van der Waals surface area contributed by atoms with Crippen molar-refractivity contribution in [1.82, 2.24) is 10.2 Å². The van der Waals surface area contributed by atoms with Crippen molar-refractivity contribution >= 4 is 5.97 Å². The summed E-state index contributed by atoms with van der Waals surface area (Å²) in [4.78, 5) is 14.9. The third-order valence-electron chi connectivity index (χ3n) is 6.62. The van der Waals surface area contributed by atoms with Crippen molar-refractivity contribution in [3.05, 3.63) is 64.7 Å². The number of fused-ring (bicyclic) bond motifs is 5. The zero-order chi connectivity index (χ0) is 19.8. The second-order valence-corrected chi connectivity index (χ2v) is 8.30. The lowest BCUT2D eigenvalue weighted by atomic mass is 9.82. The van der Waals surface area contributed by atoms with Gasteiger partial charge in [-0.05, 0) is 68.1 Å². The molecule has 29 heavy (non-hydrogen) atoms. The Kier molecular flexibility index (Phi) is 5.02. The number of rotatable bonds is 4. The molecule has 4 heterocycles. The Hall–Kier alpha value is -2.37. The Balaban J connectivity index is 1.54. The SMILES string of the molecule is CCOC(=O)c1ccc2c(c1)C(NC1CN3CCC1CC3)c1ccccc1CO2. The standard InChI is InChI=1S/C24H28N2O3/c1-2-28-24(27)17-7-8-22-20(13-17)23(19-6-4-3-5-18(19)15-29-22)25-21-14-26-11-9-16(21)10-12-26/h3-8,13,16,21,23,25H,2,9-12,14-15H2,1H3. The highest BCUT2D eigenvalue weighted by Crippen LogP contribution is 2.38. The van der Waals surface area contributed by atoms with Gasteiger partial charge in [0.2, 0.25) is 0 Å². The fourth-order valence-electron chi connectivity index (χ4n) is 5.06. The number of ether oxygens (including phenoxy) is 2. The van der Waals surface area contributed by atoms with Crippen LogP contribution >= 0.6 is 0 Å². The van der Waals surface area contributed by atoms with E-state index in [0.717, 1.165) is 17.9 Å². The molecular weight excluding hydrogens is 364 g/mol. The van der Waals surface area contributed by atoms with E-state index in [0.29, 0.717) is 30.7 Å². The van der Waals surface area contributed by atoms with Crippen LogP contribution in [0.3, 0.4) is 0 Å². The van der Waals surface area contributed by atoms with Crippen molar-refractivity contribution in [1.29, 1.82) is 0 Å². The number of hydrogen-bond acceptors (Lipinski definition) is 5. The molecule has 3 fully saturated rings. The van der Waals surface area contributed by atoms with Gasteiger partial charge >= 0.3 is 5.97 Å². The molecule has 1 N–H and O–H groups in total. The van der Waals surface area contributed by atoms with Crippen LogP contribution in [-0.4, -0.2) is 43.2 Å². The van der Waals surface area contributed by atoms with E-state index in [1.165, 1.54) is 37.1 Å². The van der Waals surface area contributed by atoms with Crippen LogP contribution in [0.4, 0.5) is 0 Å². The highest BCUT2D eigenvalue weighted by molar-refractivity contribution is 5.90. The van der Waals surface area contributed by atoms with Crippen molar-refractivity contribution < 1.29 is 14.3 Å². The van der Waals surface area contributed by atoms with Crippen LogP contribution in [0.25, 0.3) is 0 Å². The van der Waals surface area contributed by atoms with Gasteiger partial charge in [0.1, 0.15) is 12.4 Å². The summed E-state index contributed by atoms with van der Waals surface area (Å²) in [7, 11) is 0. The van der Waals surface area contributed by atoms with Crippen LogP contribution in [0.2, 0.25) is 0 Å². The summed E-state index contributed by atoms with van der Waals surface area (Å²) in [5, 5.41) is 3.97. The van der Waals surface area contributed by atoms with Crippen molar-refractivity contribution in [2.75, 3.05) is 26.2 Å². The molecule has 0 aliphatic carbocycles. The Morgan fingerprint density at radius 2 is 2.00 bits per heavy atom. The van der Waals surface area contributed by atoms with Gasteiger partial charge in [-0.1, -0.05) is 24.3 Å². The van der Waals surface area contributed by atoms with Crippen molar-refractivity contribution in [2.24, 2.45) is 5.92 Å². The fraction of sp³-hybridized carbons (Fsp3) is 0.458. The molecule has 0 radical (unpaired) electrons. The predicted molar refractivity (Wildman–Crippen MR) is 111 cm³/mol. The van der Waals surface area contributed by atoms with Gasteiger partial charge in [0, 0.05) is 18.2 Å². The summed E-state index contributed by atoms with van der Waals surface area (Å²) >= 11 is 0. The van der Waals surface area contributed by atoms with Gasteiger partial charge in [0.05, 0.1) is 18.2 Å². The molecule has 5 nitrogen and oxygen atoms in total. The Bertz CT molecular complexity index is 905. The molecule has 0 saturated carbocycles. The highest BCUT2D eigenvalue weighted by Gasteiger charge is 2.37. The lowest BCUT2D eigenvalue weighted by molar-refractivity contribution is 0.0526. The van der Waals surface area contributed by atoms with Gasteiger partial charge in [-0.3, -0.25) is 0 Å². The summed E-state index contributed by atoms with van der Waals surface area (Å²) in [6.45, 7) is 6.28. The van der Waals surface area contributed by atoms with Gasteiger partial charge < -0.3 is 19.7 Å². The van der Waals surface area contributed by atoms with Gasteiger partial charge in [-0.15, -0.1) is 0 Å². The van der Waals surface area contributed by atoms with E-state index in [2.05, 4.69) is 34.5 Å². The van der Waals surface area contributed by atoms with Gasteiger partial charge in [-0.25, -0.2) is 4.79 Å². The summed E-state index contributed by atoms with van der Waals surface area (Å²) < 4.78 is 11.4. The van der Waals surface area contributed by atoms with E-state index in [-0.39, 0.29) is 12.0 Å². The molecule has 0 amide bonds. The predicted octanol–water partition coefficient (Wildman–Crippen LogP) is 3.53. The highest BCUT2D eigenvalue weighted by atomic mass is 16.5. The smallest absolute Gasteiger partial charge is 0.338 e. The first-order valence-corrected chi connectivity index (χ1v) is 10.7.